The van der Waals surface area contributed by atoms with Gasteiger partial charge in [-0.25, -0.2) is 15.0 Å². The first-order valence-electron chi connectivity index (χ1n) is 3.30. The van der Waals surface area contributed by atoms with Crippen LogP contribution in [0.15, 0.2) is 27.8 Å². The fourth-order valence-corrected chi connectivity index (χ4v) is 1.80. The molecule has 0 aliphatic heterocycles. The summed E-state index contributed by atoms with van der Waals surface area (Å²) in [4.78, 5) is 5.53. The minimum atomic E-state index is -0.603. The number of hydrogen-bond donors (Lipinski definition) is 0. The molecule has 0 aromatic carbocycles. The van der Waals surface area contributed by atoms with Crippen molar-refractivity contribution in [2.24, 2.45) is 0 Å². The number of aromatic nitrogens is 1. The molecule has 0 unspecified atom stereocenters. The molecular formula is C8H12BrNS. The molecule has 1 aromatic rings. The molecule has 0 aliphatic rings. The topological polar surface area (TPSA) is 12.9 Å². The molecule has 1 heterocycles. The van der Waals surface area contributed by atoms with Crippen molar-refractivity contribution in [1.82, 2.24) is 4.98 Å². The lowest BCUT2D eigenvalue weighted by Crippen LogP contribution is -1.93. The molecule has 0 aliphatic carbocycles. The van der Waals surface area contributed by atoms with Crippen LogP contribution in [-0.2, 0) is 0 Å². The minimum Gasteiger partial charge on any atom is -0.248 e. The Bertz CT molecular complexity index is 237. The molecule has 0 amide bonds. The zero-order valence-electron chi connectivity index (χ0n) is 6.97. The third-order valence-corrected chi connectivity index (χ3v) is 3.53. The van der Waals surface area contributed by atoms with E-state index in [1.54, 1.807) is 0 Å². The lowest BCUT2D eigenvalue weighted by atomic mass is 10.5. The Hall–Kier alpha value is -0.0200. The number of hydrogen-bond acceptors (Lipinski definition) is 1. The van der Waals surface area contributed by atoms with Crippen LogP contribution in [0, 0.1) is 0 Å². The number of rotatable bonds is 1. The fourth-order valence-electron chi connectivity index (χ4n) is 0.724. The lowest BCUT2D eigenvalue weighted by molar-refractivity contribution is 1.19. The smallest absolute Gasteiger partial charge is 0.106 e. The van der Waals surface area contributed by atoms with Crippen LogP contribution in [0.1, 0.15) is 0 Å². The molecule has 0 saturated heterocycles. The average molecular weight is 234 g/mol. The molecule has 0 fully saturated rings. The van der Waals surface area contributed by atoms with Crippen molar-refractivity contribution < 1.29 is 0 Å². The predicted octanol–water partition coefficient (Wildman–Crippen LogP) is 2.90. The van der Waals surface area contributed by atoms with Gasteiger partial charge in [-0.3, -0.25) is 0 Å². The molecular weight excluding hydrogens is 222 g/mol. The van der Waals surface area contributed by atoms with Crippen LogP contribution < -0.4 is 0 Å². The van der Waals surface area contributed by atoms with Gasteiger partial charge in [-0.1, -0.05) is 0 Å². The monoisotopic (exact) mass is 233 g/mol. The van der Waals surface area contributed by atoms with Crippen molar-refractivity contribution >= 4 is 26.0 Å². The van der Waals surface area contributed by atoms with Crippen LogP contribution in [0.3, 0.4) is 0 Å². The minimum absolute atomic E-state index is 0.603. The largest absolute Gasteiger partial charge is 0.248 e. The lowest BCUT2D eigenvalue weighted by Gasteiger charge is -2.24. The maximum atomic E-state index is 4.18. The van der Waals surface area contributed by atoms with Crippen LogP contribution in [0.4, 0.5) is 0 Å². The van der Waals surface area contributed by atoms with E-state index in [-0.39, 0.29) is 0 Å². The maximum Gasteiger partial charge on any atom is 0.106 e. The van der Waals surface area contributed by atoms with Crippen molar-refractivity contribution in [3.05, 3.63) is 22.9 Å². The fraction of sp³-hybridized carbons (Fsp3) is 0.375. The van der Waals surface area contributed by atoms with E-state index in [9.17, 15) is 0 Å². The van der Waals surface area contributed by atoms with Gasteiger partial charge in [0.25, 0.3) is 0 Å². The summed E-state index contributed by atoms with van der Waals surface area (Å²) in [6, 6.07) is 4.12. The molecule has 0 N–H and O–H groups in total. The van der Waals surface area contributed by atoms with Crippen LogP contribution in [0.25, 0.3) is 0 Å². The summed E-state index contributed by atoms with van der Waals surface area (Å²) in [6.07, 6.45) is 8.73. The Balaban J connectivity index is 2.99. The number of pyridine rings is 1. The molecule has 62 valence electrons. The highest BCUT2D eigenvalue weighted by atomic mass is 79.9. The molecule has 11 heavy (non-hydrogen) atoms. The van der Waals surface area contributed by atoms with Gasteiger partial charge in [-0.2, -0.15) is 0 Å². The molecule has 1 nitrogen and oxygen atoms in total. The quantitative estimate of drug-likeness (QED) is 0.681. The summed E-state index contributed by atoms with van der Waals surface area (Å²) >= 11 is 3.31. The summed E-state index contributed by atoms with van der Waals surface area (Å²) in [5.74, 6) is 0. The second kappa shape index (κ2) is 3.15. The molecule has 0 atom stereocenters. The first-order chi connectivity index (χ1) is 5.00. The van der Waals surface area contributed by atoms with Crippen LogP contribution in [-0.4, -0.2) is 23.8 Å². The second-order valence-corrected chi connectivity index (χ2v) is 8.11. The Morgan fingerprint density at radius 2 is 1.91 bits per heavy atom. The molecule has 1 aromatic heterocycles. The van der Waals surface area contributed by atoms with Gasteiger partial charge < -0.3 is 0 Å². The highest BCUT2D eigenvalue weighted by molar-refractivity contribution is 9.10. The first kappa shape index (κ1) is 9.07. The Morgan fingerprint density at radius 3 is 2.27 bits per heavy atom. The summed E-state index contributed by atoms with van der Waals surface area (Å²) in [6.45, 7) is 0. The molecule has 0 bridgehead atoms. The maximum absolute atomic E-state index is 4.18. The normalized spacial score (nSPS) is 13.1. The van der Waals surface area contributed by atoms with Crippen molar-refractivity contribution in [3.63, 3.8) is 0 Å². The molecule has 0 spiro atoms. The standard InChI is InChI=1S/C8H12BrNS/c1-11(2,3)7-4-5-8(9)10-6-7/h4-6H,1-3H3. The first-order valence-corrected chi connectivity index (χ1v) is 6.95. The highest BCUT2D eigenvalue weighted by Crippen LogP contribution is 2.44. The van der Waals surface area contributed by atoms with Crippen LogP contribution >= 0.6 is 26.0 Å². The molecule has 0 radical (unpaired) electrons. The van der Waals surface area contributed by atoms with Gasteiger partial charge in [0.1, 0.15) is 4.60 Å². The highest BCUT2D eigenvalue weighted by Gasteiger charge is 2.06. The van der Waals surface area contributed by atoms with E-state index in [0.29, 0.717) is 0 Å². The van der Waals surface area contributed by atoms with E-state index in [1.807, 2.05) is 12.3 Å². The van der Waals surface area contributed by atoms with E-state index >= 15 is 0 Å². The third-order valence-electron chi connectivity index (χ3n) is 1.41. The van der Waals surface area contributed by atoms with Gasteiger partial charge in [0.05, 0.1) is 0 Å². The second-order valence-electron chi connectivity index (χ2n) is 3.15. The van der Waals surface area contributed by atoms with E-state index in [1.165, 1.54) is 4.90 Å². The SMILES string of the molecule is CS(C)(C)c1ccc(Br)nc1. The summed E-state index contributed by atoms with van der Waals surface area (Å²) in [5.41, 5.74) is 0. The number of nitrogens with zero attached hydrogens (tertiary/aromatic N) is 1. The van der Waals surface area contributed by atoms with Gasteiger partial charge in [0.15, 0.2) is 0 Å². The summed E-state index contributed by atoms with van der Waals surface area (Å²) in [7, 11) is -0.603. The van der Waals surface area contributed by atoms with Crippen LogP contribution in [0.5, 0.6) is 0 Å². The average Bonchev–Trinajstić information content (AvgIpc) is 1.86. The van der Waals surface area contributed by atoms with E-state index in [4.69, 9.17) is 0 Å². The Morgan fingerprint density at radius 1 is 1.27 bits per heavy atom. The van der Waals surface area contributed by atoms with Gasteiger partial charge in [-0.05, 0) is 46.8 Å². The summed E-state index contributed by atoms with van der Waals surface area (Å²) in [5, 5.41) is 0. The predicted molar refractivity (Wildman–Crippen MR) is 55.6 cm³/mol. The van der Waals surface area contributed by atoms with Gasteiger partial charge in [-0.15, -0.1) is 0 Å². The van der Waals surface area contributed by atoms with Crippen molar-refractivity contribution in [2.75, 3.05) is 18.8 Å². The van der Waals surface area contributed by atoms with Crippen molar-refractivity contribution in [1.29, 1.82) is 0 Å². The summed E-state index contributed by atoms with van der Waals surface area (Å²) < 4.78 is 0.907. The Labute approximate surface area is 77.7 Å². The van der Waals surface area contributed by atoms with Gasteiger partial charge in [0.2, 0.25) is 0 Å². The van der Waals surface area contributed by atoms with Gasteiger partial charge in [0, 0.05) is 11.1 Å². The number of halogens is 1. The Kier molecular flexibility index (Phi) is 2.60. The van der Waals surface area contributed by atoms with Crippen LogP contribution in [0.2, 0.25) is 0 Å². The van der Waals surface area contributed by atoms with Gasteiger partial charge >= 0.3 is 0 Å². The van der Waals surface area contributed by atoms with E-state index < -0.39 is 10.0 Å². The van der Waals surface area contributed by atoms with Crippen molar-refractivity contribution in [3.8, 4) is 0 Å². The molecule has 0 saturated carbocycles. The van der Waals surface area contributed by atoms with E-state index in [2.05, 4.69) is 45.7 Å². The molecule has 3 heteroatoms. The van der Waals surface area contributed by atoms with E-state index in [0.717, 1.165) is 4.60 Å². The van der Waals surface area contributed by atoms with Crippen molar-refractivity contribution in [2.45, 2.75) is 4.90 Å². The third kappa shape index (κ3) is 2.49. The molecule has 1 rings (SSSR count). The zero-order valence-corrected chi connectivity index (χ0v) is 9.37. The zero-order chi connectivity index (χ0) is 8.48.